The summed E-state index contributed by atoms with van der Waals surface area (Å²) in [5, 5.41) is 0.595. The number of rotatable bonds is 1. The molecule has 1 amide bonds. The third-order valence-electron chi connectivity index (χ3n) is 2.94. The van der Waals surface area contributed by atoms with Crippen molar-refractivity contribution in [2.24, 2.45) is 5.73 Å². The van der Waals surface area contributed by atoms with Crippen molar-refractivity contribution in [3.63, 3.8) is 0 Å². The fraction of sp³-hybridized carbons (Fsp3) is 0.417. The number of carbonyl (C=O) groups excluding carboxylic acids is 1. The molecule has 0 saturated carbocycles. The first kappa shape index (κ1) is 11.4. The number of nitrogens with zero attached hydrogens (tertiary/aromatic N) is 1. The van der Waals surface area contributed by atoms with Crippen molar-refractivity contribution in [2.45, 2.75) is 19.4 Å². The molecule has 0 spiro atoms. The highest BCUT2D eigenvalue weighted by Gasteiger charge is 2.25. The molecule has 1 aliphatic heterocycles. The maximum atomic E-state index is 12.2. The molecule has 1 aliphatic rings. The van der Waals surface area contributed by atoms with Crippen molar-refractivity contribution in [3.8, 4) is 0 Å². The second kappa shape index (κ2) is 4.44. The van der Waals surface area contributed by atoms with Gasteiger partial charge in [-0.25, -0.2) is 0 Å². The van der Waals surface area contributed by atoms with E-state index in [1.165, 1.54) is 0 Å². The van der Waals surface area contributed by atoms with Gasteiger partial charge in [-0.15, -0.1) is 0 Å². The molecule has 1 heterocycles. The molecule has 2 rings (SSSR count). The Morgan fingerprint density at radius 2 is 2.31 bits per heavy atom. The Kier molecular flexibility index (Phi) is 3.17. The topological polar surface area (TPSA) is 46.3 Å². The number of nitrogens with two attached hydrogens (primary N) is 1. The van der Waals surface area contributed by atoms with Gasteiger partial charge in [-0.2, -0.15) is 0 Å². The predicted molar refractivity (Wildman–Crippen MR) is 64.7 cm³/mol. The number of hydrogen-bond acceptors (Lipinski definition) is 2. The molecule has 1 saturated heterocycles. The van der Waals surface area contributed by atoms with Crippen LogP contribution in [0.1, 0.15) is 22.3 Å². The van der Waals surface area contributed by atoms with Gasteiger partial charge in [0.05, 0.1) is 0 Å². The lowest BCUT2D eigenvalue weighted by Crippen LogP contribution is -2.32. The zero-order valence-corrected chi connectivity index (χ0v) is 10.00. The lowest BCUT2D eigenvalue weighted by molar-refractivity contribution is 0.0790. The molecule has 0 aromatic heterocycles. The van der Waals surface area contributed by atoms with E-state index < -0.39 is 0 Å². The summed E-state index contributed by atoms with van der Waals surface area (Å²) in [4.78, 5) is 14.0. The van der Waals surface area contributed by atoms with Gasteiger partial charge in [0, 0.05) is 29.7 Å². The minimum absolute atomic E-state index is 0.0351. The third-order valence-corrected chi connectivity index (χ3v) is 3.18. The summed E-state index contributed by atoms with van der Waals surface area (Å²) < 4.78 is 0. The van der Waals surface area contributed by atoms with E-state index in [4.69, 9.17) is 17.3 Å². The summed E-state index contributed by atoms with van der Waals surface area (Å²) in [7, 11) is 0. The summed E-state index contributed by atoms with van der Waals surface area (Å²) in [5.41, 5.74) is 7.42. The van der Waals surface area contributed by atoms with Gasteiger partial charge in [0.15, 0.2) is 0 Å². The Balaban J connectivity index is 2.23. The Morgan fingerprint density at radius 3 is 2.94 bits per heavy atom. The second-order valence-corrected chi connectivity index (χ2v) is 4.70. The van der Waals surface area contributed by atoms with Crippen LogP contribution in [0.25, 0.3) is 0 Å². The summed E-state index contributed by atoms with van der Waals surface area (Å²) in [6, 6.07) is 5.50. The van der Waals surface area contributed by atoms with Crippen LogP contribution < -0.4 is 5.73 Å². The standard InChI is InChI=1S/C12H15ClN2O/c1-8-2-3-9(13)6-11(8)12(16)15-5-4-10(14)7-15/h2-3,6,10H,4-5,7,14H2,1H3. The molecule has 0 radical (unpaired) electrons. The minimum Gasteiger partial charge on any atom is -0.337 e. The quantitative estimate of drug-likeness (QED) is 0.811. The van der Waals surface area contributed by atoms with E-state index in [9.17, 15) is 4.79 Å². The fourth-order valence-electron chi connectivity index (χ4n) is 1.97. The van der Waals surface area contributed by atoms with Gasteiger partial charge in [0.25, 0.3) is 5.91 Å². The zero-order chi connectivity index (χ0) is 11.7. The van der Waals surface area contributed by atoms with Gasteiger partial charge < -0.3 is 10.6 Å². The van der Waals surface area contributed by atoms with Crippen LogP contribution in [0.5, 0.6) is 0 Å². The Morgan fingerprint density at radius 1 is 1.56 bits per heavy atom. The highest BCUT2D eigenvalue weighted by atomic mass is 35.5. The first-order valence-electron chi connectivity index (χ1n) is 5.39. The average molecular weight is 239 g/mol. The van der Waals surface area contributed by atoms with Gasteiger partial charge in [-0.05, 0) is 31.0 Å². The summed E-state index contributed by atoms with van der Waals surface area (Å²) >= 11 is 5.90. The largest absolute Gasteiger partial charge is 0.337 e. The van der Waals surface area contributed by atoms with Gasteiger partial charge in [0.1, 0.15) is 0 Å². The first-order valence-corrected chi connectivity index (χ1v) is 5.76. The molecule has 1 fully saturated rings. The summed E-state index contributed by atoms with van der Waals surface area (Å²) in [6.07, 6.45) is 0.880. The minimum atomic E-state index is 0.0351. The van der Waals surface area contributed by atoms with Crippen LogP contribution in [0, 0.1) is 6.92 Å². The molecule has 16 heavy (non-hydrogen) atoms. The molecule has 1 unspecified atom stereocenters. The van der Waals surface area contributed by atoms with Crippen LogP contribution in [0.4, 0.5) is 0 Å². The van der Waals surface area contributed by atoms with E-state index in [0.717, 1.165) is 18.5 Å². The molecule has 1 aromatic rings. The second-order valence-electron chi connectivity index (χ2n) is 4.26. The van der Waals surface area contributed by atoms with Crippen LogP contribution in [0.15, 0.2) is 18.2 Å². The van der Waals surface area contributed by atoms with Crippen molar-refractivity contribution in [2.75, 3.05) is 13.1 Å². The van der Waals surface area contributed by atoms with Crippen LogP contribution in [0.2, 0.25) is 5.02 Å². The summed E-state index contributed by atoms with van der Waals surface area (Å²) in [6.45, 7) is 3.30. The van der Waals surface area contributed by atoms with Crippen LogP contribution in [0.3, 0.4) is 0 Å². The highest BCUT2D eigenvalue weighted by Crippen LogP contribution is 2.19. The molecule has 1 aromatic carbocycles. The lowest BCUT2D eigenvalue weighted by Gasteiger charge is -2.17. The normalized spacial score (nSPS) is 20.2. The third kappa shape index (κ3) is 2.20. The predicted octanol–water partition coefficient (Wildman–Crippen LogP) is 1.82. The number of amides is 1. The highest BCUT2D eigenvalue weighted by molar-refractivity contribution is 6.31. The van der Waals surface area contributed by atoms with Gasteiger partial charge in [-0.3, -0.25) is 4.79 Å². The van der Waals surface area contributed by atoms with E-state index in [2.05, 4.69) is 0 Å². The Labute approximate surface area is 100 Å². The van der Waals surface area contributed by atoms with Crippen molar-refractivity contribution in [3.05, 3.63) is 34.3 Å². The number of aryl methyl sites for hydroxylation is 1. The van der Waals surface area contributed by atoms with E-state index >= 15 is 0 Å². The zero-order valence-electron chi connectivity index (χ0n) is 9.24. The SMILES string of the molecule is Cc1ccc(Cl)cc1C(=O)N1CCC(N)C1. The number of carbonyl (C=O) groups is 1. The maximum Gasteiger partial charge on any atom is 0.254 e. The first-order chi connectivity index (χ1) is 7.58. The molecule has 0 bridgehead atoms. The van der Waals surface area contributed by atoms with Crippen molar-refractivity contribution < 1.29 is 4.79 Å². The van der Waals surface area contributed by atoms with Crippen LogP contribution >= 0.6 is 11.6 Å². The van der Waals surface area contributed by atoms with E-state index in [1.807, 2.05) is 13.0 Å². The van der Waals surface area contributed by atoms with Crippen molar-refractivity contribution in [1.29, 1.82) is 0 Å². The molecule has 2 N–H and O–H groups in total. The van der Waals surface area contributed by atoms with E-state index in [0.29, 0.717) is 17.1 Å². The smallest absolute Gasteiger partial charge is 0.254 e. The van der Waals surface area contributed by atoms with Gasteiger partial charge in [0.2, 0.25) is 0 Å². The molecular weight excluding hydrogens is 224 g/mol. The Bertz CT molecular complexity index is 419. The van der Waals surface area contributed by atoms with Gasteiger partial charge in [-0.1, -0.05) is 17.7 Å². The number of hydrogen-bond donors (Lipinski definition) is 1. The van der Waals surface area contributed by atoms with E-state index in [1.54, 1.807) is 17.0 Å². The Hall–Kier alpha value is -1.06. The lowest BCUT2D eigenvalue weighted by atomic mass is 10.1. The van der Waals surface area contributed by atoms with Crippen LogP contribution in [-0.4, -0.2) is 29.9 Å². The molecule has 86 valence electrons. The monoisotopic (exact) mass is 238 g/mol. The molecule has 4 heteroatoms. The average Bonchev–Trinajstić information content (AvgIpc) is 2.67. The number of benzene rings is 1. The van der Waals surface area contributed by atoms with Gasteiger partial charge >= 0.3 is 0 Å². The fourth-order valence-corrected chi connectivity index (χ4v) is 2.14. The van der Waals surface area contributed by atoms with E-state index in [-0.39, 0.29) is 11.9 Å². The van der Waals surface area contributed by atoms with Crippen LogP contribution in [-0.2, 0) is 0 Å². The molecule has 1 atom stereocenters. The van der Waals surface area contributed by atoms with Crippen molar-refractivity contribution in [1.82, 2.24) is 4.90 Å². The molecule has 0 aliphatic carbocycles. The number of likely N-dealkylation sites (tertiary alicyclic amines) is 1. The molecule has 3 nitrogen and oxygen atoms in total. The summed E-state index contributed by atoms with van der Waals surface area (Å²) in [5.74, 6) is 0.0351. The molecular formula is C12H15ClN2O. The van der Waals surface area contributed by atoms with Crippen molar-refractivity contribution >= 4 is 17.5 Å². The number of halogens is 1. The maximum absolute atomic E-state index is 12.2.